The zero-order valence-electron chi connectivity index (χ0n) is 14.9. The smallest absolute Gasteiger partial charge is 0.389 e. The first-order valence-electron chi connectivity index (χ1n) is 8.36. The van der Waals surface area contributed by atoms with E-state index in [9.17, 15) is 26.0 Å². The van der Waals surface area contributed by atoms with Crippen LogP contribution in [0.1, 0.15) is 39.2 Å². The molecule has 26 heavy (non-hydrogen) atoms. The number of alkyl halides is 3. The van der Waals surface area contributed by atoms with E-state index in [2.05, 4.69) is 5.32 Å². The molecule has 1 aromatic carbocycles. The van der Waals surface area contributed by atoms with E-state index in [0.717, 1.165) is 0 Å². The molecule has 0 fully saturated rings. The fourth-order valence-electron chi connectivity index (χ4n) is 2.97. The van der Waals surface area contributed by atoms with E-state index in [-0.39, 0.29) is 12.2 Å². The lowest BCUT2D eigenvalue weighted by Crippen LogP contribution is -2.58. The number of fused-ring (bicyclic) bond motifs is 1. The molecule has 0 aliphatic carbocycles. The van der Waals surface area contributed by atoms with Crippen LogP contribution in [0.25, 0.3) is 0 Å². The zero-order chi connectivity index (χ0) is 19.8. The maximum absolute atomic E-state index is 13.5. The Morgan fingerprint density at radius 3 is 2.58 bits per heavy atom. The van der Waals surface area contributed by atoms with Crippen LogP contribution in [0.3, 0.4) is 0 Å². The monoisotopic (exact) mass is 397 g/mol. The maximum Gasteiger partial charge on any atom is 0.389 e. The van der Waals surface area contributed by atoms with E-state index < -0.39 is 51.7 Å². The third-order valence-electron chi connectivity index (χ3n) is 4.57. The summed E-state index contributed by atoms with van der Waals surface area (Å²) < 4.78 is 81.6. The first kappa shape index (κ1) is 21.0. The predicted octanol–water partition coefficient (Wildman–Crippen LogP) is 3.60. The minimum atomic E-state index is -4.45. The van der Waals surface area contributed by atoms with Gasteiger partial charge in [-0.05, 0) is 50.5 Å². The van der Waals surface area contributed by atoms with Gasteiger partial charge in [0.25, 0.3) is 0 Å². The third kappa shape index (κ3) is 5.09. The van der Waals surface area contributed by atoms with Crippen LogP contribution < -0.4 is 10.1 Å². The van der Waals surface area contributed by atoms with Crippen LogP contribution in [0.5, 0.6) is 5.75 Å². The Balaban J connectivity index is 2.25. The molecule has 0 saturated heterocycles. The highest BCUT2D eigenvalue weighted by molar-refractivity contribution is 7.91. The molecule has 1 aliphatic heterocycles. The largest absolute Gasteiger partial charge is 0.486 e. The van der Waals surface area contributed by atoms with Gasteiger partial charge < -0.3 is 4.74 Å². The Hall–Kier alpha value is -1.35. The normalized spacial score (nSPS) is 21.0. The summed E-state index contributed by atoms with van der Waals surface area (Å²) in [6.45, 7) is 4.83. The maximum atomic E-state index is 13.5. The van der Waals surface area contributed by atoms with E-state index in [1.54, 1.807) is 13.8 Å². The Morgan fingerprint density at radius 2 is 2.00 bits per heavy atom. The van der Waals surface area contributed by atoms with Crippen molar-refractivity contribution in [2.75, 3.05) is 5.75 Å². The van der Waals surface area contributed by atoms with Crippen LogP contribution in [0.15, 0.2) is 18.2 Å². The van der Waals surface area contributed by atoms with E-state index in [1.807, 2.05) is 0 Å². The predicted molar refractivity (Wildman–Crippen MR) is 90.3 cm³/mol. The molecule has 1 aromatic rings. The lowest BCUT2D eigenvalue weighted by Gasteiger charge is -2.42. The van der Waals surface area contributed by atoms with Crippen LogP contribution in [0.4, 0.5) is 17.6 Å². The Labute approximate surface area is 150 Å². The molecule has 2 atom stereocenters. The second-order valence-electron chi connectivity index (χ2n) is 6.97. The number of halogens is 4. The fourth-order valence-corrected chi connectivity index (χ4v) is 4.22. The van der Waals surface area contributed by atoms with Gasteiger partial charge in [0.05, 0.1) is 6.04 Å². The van der Waals surface area contributed by atoms with Gasteiger partial charge in [-0.25, -0.2) is 12.8 Å². The lowest BCUT2D eigenvalue weighted by atomic mass is 9.88. The SMILES string of the molecule is CCS(=O)(=O)C(CCC(F)(F)F)NC1Cc2cc(F)ccc2OC1(C)C. The number of nitrogens with one attached hydrogen (secondary N) is 1. The first-order valence-corrected chi connectivity index (χ1v) is 10.1. The van der Waals surface area contributed by atoms with Gasteiger partial charge >= 0.3 is 6.18 Å². The highest BCUT2D eigenvalue weighted by Crippen LogP contribution is 2.34. The van der Waals surface area contributed by atoms with Gasteiger partial charge in [0.1, 0.15) is 22.5 Å². The molecule has 0 radical (unpaired) electrons. The summed E-state index contributed by atoms with van der Waals surface area (Å²) in [5.74, 6) is -0.248. The molecule has 1 N–H and O–H groups in total. The number of rotatable bonds is 6. The summed E-state index contributed by atoms with van der Waals surface area (Å²) in [5.41, 5.74) is -0.324. The van der Waals surface area contributed by atoms with Gasteiger partial charge in [-0.15, -0.1) is 0 Å². The number of ether oxygens (including phenoxy) is 1. The minimum Gasteiger partial charge on any atom is -0.486 e. The molecule has 0 saturated carbocycles. The molecule has 148 valence electrons. The molecule has 0 spiro atoms. The van der Waals surface area contributed by atoms with E-state index in [4.69, 9.17) is 4.74 Å². The van der Waals surface area contributed by atoms with Gasteiger partial charge in [0, 0.05) is 12.2 Å². The number of hydrogen-bond donors (Lipinski definition) is 1. The van der Waals surface area contributed by atoms with Crippen molar-refractivity contribution < 1.29 is 30.7 Å². The molecule has 2 rings (SSSR count). The quantitative estimate of drug-likeness (QED) is 0.746. The molecular weight excluding hydrogens is 374 g/mol. The standard InChI is InChI=1S/C17H23F4NO3S/c1-4-26(23,24)15(7-8-17(19,20)21)22-14-10-11-9-12(18)5-6-13(11)25-16(14,2)3/h5-6,9,14-15,22H,4,7-8,10H2,1-3H3. The number of sulfone groups is 1. The van der Waals surface area contributed by atoms with Crippen molar-refractivity contribution >= 4 is 9.84 Å². The average Bonchev–Trinajstić information content (AvgIpc) is 2.50. The fraction of sp³-hybridized carbons (Fsp3) is 0.647. The molecular formula is C17H23F4NO3S. The molecule has 0 amide bonds. The van der Waals surface area contributed by atoms with Crippen molar-refractivity contribution in [1.29, 1.82) is 0 Å². The van der Waals surface area contributed by atoms with Crippen LogP contribution in [-0.2, 0) is 16.3 Å². The second kappa shape index (κ2) is 7.34. The Morgan fingerprint density at radius 1 is 1.35 bits per heavy atom. The van der Waals surface area contributed by atoms with Crippen LogP contribution in [0, 0.1) is 5.82 Å². The van der Waals surface area contributed by atoms with E-state index in [1.165, 1.54) is 25.1 Å². The zero-order valence-corrected chi connectivity index (χ0v) is 15.7. The Bertz CT molecular complexity index is 747. The topological polar surface area (TPSA) is 55.4 Å². The van der Waals surface area contributed by atoms with Gasteiger partial charge in [0.2, 0.25) is 0 Å². The third-order valence-corrected chi connectivity index (χ3v) is 6.62. The van der Waals surface area contributed by atoms with Gasteiger partial charge in [-0.2, -0.15) is 13.2 Å². The van der Waals surface area contributed by atoms with Crippen molar-refractivity contribution in [2.45, 2.75) is 63.2 Å². The van der Waals surface area contributed by atoms with E-state index in [0.29, 0.717) is 11.3 Å². The van der Waals surface area contributed by atoms with E-state index >= 15 is 0 Å². The molecule has 0 aromatic heterocycles. The molecule has 1 heterocycles. The van der Waals surface area contributed by atoms with Crippen molar-refractivity contribution in [2.24, 2.45) is 0 Å². The summed E-state index contributed by atoms with van der Waals surface area (Å²) in [6, 6.07) is 3.46. The lowest BCUT2D eigenvalue weighted by molar-refractivity contribution is -0.135. The van der Waals surface area contributed by atoms with Gasteiger partial charge in [0.15, 0.2) is 9.84 Å². The average molecular weight is 397 g/mol. The molecule has 0 bridgehead atoms. The highest BCUT2D eigenvalue weighted by atomic mass is 32.2. The molecule has 1 aliphatic rings. The van der Waals surface area contributed by atoms with Crippen LogP contribution in [0.2, 0.25) is 0 Å². The van der Waals surface area contributed by atoms with Crippen molar-refractivity contribution in [3.8, 4) is 5.75 Å². The molecule has 9 heteroatoms. The van der Waals surface area contributed by atoms with Gasteiger partial charge in [-0.3, -0.25) is 5.32 Å². The van der Waals surface area contributed by atoms with Crippen molar-refractivity contribution in [1.82, 2.24) is 5.32 Å². The first-order chi connectivity index (χ1) is 11.8. The summed E-state index contributed by atoms with van der Waals surface area (Å²) >= 11 is 0. The number of benzene rings is 1. The molecule has 2 unspecified atom stereocenters. The summed E-state index contributed by atoms with van der Waals surface area (Å²) in [4.78, 5) is 0. The van der Waals surface area contributed by atoms with Crippen LogP contribution >= 0.6 is 0 Å². The molecule has 4 nitrogen and oxygen atoms in total. The van der Waals surface area contributed by atoms with Crippen molar-refractivity contribution in [3.05, 3.63) is 29.6 Å². The van der Waals surface area contributed by atoms with Gasteiger partial charge in [-0.1, -0.05) is 6.92 Å². The Kier molecular flexibility index (Phi) is 5.92. The summed E-state index contributed by atoms with van der Waals surface area (Å²) in [5, 5.41) is 1.49. The highest BCUT2D eigenvalue weighted by Gasteiger charge is 2.41. The second-order valence-corrected chi connectivity index (χ2v) is 9.45. The minimum absolute atomic E-state index is 0.252. The number of hydrogen-bond acceptors (Lipinski definition) is 4. The summed E-state index contributed by atoms with van der Waals surface area (Å²) in [7, 11) is -3.76. The van der Waals surface area contributed by atoms with Crippen molar-refractivity contribution in [3.63, 3.8) is 0 Å². The summed E-state index contributed by atoms with van der Waals surface area (Å²) in [6.07, 6.45) is -5.98. The van der Waals surface area contributed by atoms with Crippen LogP contribution in [-0.4, -0.2) is 37.4 Å².